The van der Waals surface area contributed by atoms with Gasteiger partial charge in [0, 0.05) is 6.07 Å². The van der Waals surface area contributed by atoms with Crippen LogP contribution in [0.4, 0.5) is 26.4 Å². The second kappa shape index (κ2) is 9.15. The number of fused-ring (bicyclic) bond motifs is 1. The van der Waals surface area contributed by atoms with E-state index in [0.717, 1.165) is 16.7 Å². The summed E-state index contributed by atoms with van der Waals surface area (Å²) >= 11 is 6.29. The Hall–Kier alpha value is -4.30. The first-order valence-electron chi connectivity index (χ1n) is 10.4. The highest BCUT2D eigenvalue weighted by Crippen LogP contribution is 2.31. The molecular weight excluding hydrogens is 478 g/mol. The van der Waals surface area contributed by atoms with Crippen molar-refractivity contribution in [2.45, 2.75) is 19.9 Å². The van der Waals surface area contributed by atoms with Crippen molar-refractivity contribution in [3.63, 3.8) is 0 Å². The van der Waals surface area contributed by atoms with Crippen molar-refractivity contribution in [3.8, 4) is 11.8 Å². The molecule has 0 saturated heterocycles. The molecule has 0 radical (unpaired) electrons. The number of halogens is 3. The van der Waals surface area contributed by atoms with Crippen LogP contribution in [-0.2, 0) is 0 Å². The molecule has 2 heterocycles. The summed E-state index contributed by atoms with van der Waals surface area (Å²) in [4.78, 5) is 26.2. The number of rotatable bonds is 5. The summed E-state index contributed by atoms with van der Waals surface area (Å²) in [5.41, 5.74) is 11.1. The van der Waals surface area contributed by atoms with Crippen LogP contribution in [0.1, 0.15) is 31.3 Å². The molecule has 0 aliphatic heterocycles. The lowest BCUT2D eigenvalue weighted by molar-refractivity contribution is 0.507. The van der Waals surface area contributed by atoms with Crippen molar-refractivity contribution in [1.82, 2.24) is 19.5 Å². The number of hydrogen-bond acceptors (Lipinski definition) is 8. The number of nitrogens with one attached hydrogen (secondary N) is 1. The van der Waals surface area contributed by atoms with E-state index in [1.54, 1.807) is 12.1 Å². The molecule has 0 fully saturated rings. The lowest BCUT2D eigenvalue weighted by Crippen LogP contribution is -2.31. The smallest absolute Gasteiger partial charge is 0.267 e. The topological polar surface area (TPSA) is 149 Å². The van der Waals surface area contributed by atoms with Crippen LogP contribution in [0.15, 0.2) is 41.2 Å². The van der Waals surface area contributed by atoms with Gasteiger partial charge in [0.1, 0.15) is 34.9 Å². The van der Waals surface area contributed by atoms with E-state index in [1.165, 1.54) is 6.07 Å². The molecule has 0 saturated carbocycles. The predicted octanol–water partition coefficient (Wildman–Crippen LogP) is 3.95. The number of anilines is 3. The zero-order chi connectivity index (χ0) is 25.4. The van der Waals surface area contributed by atoms with Crippen LogP contribution in [0, 0.1) is 28.9 Å². The highest BCUT2D eigenvalue weighted by Gasteiger charge is 2.27. The molecule has 9 nitrogen and oxygen atoms in total. The molecule has 4 rings (SSSR count). The summed E-state index contributed by atoms with van der Waals surface area (Å²) in [6.07, 6.45) is 0. The Bertz CT molecular complexity index is 1540. The first kappa shape index (κ1) is 23.8. The van der Waals surface area contributed by atoms with Gasteiger partial charge in [0.15, 0.2) is 5.82 Å². The third-order valence-electron chi connectivity index (χ3n) is 5.28. The van der Waals surface area contributed by atoms with Gasteiger partial charge in [0.25, 0.3) is 5.56 Å². The number of benzene rings is 2. The van der Waals surface area contributed by atoms with Gasteiger partial charge in [-0.1, -0.05) is 31.5 Å². The Balaban J connectivity index is 2.05. The summed E-state index contributed by atoms with van der Waals surface area (Å²) in [6.45, 7) is 3.64. The van der Waals surface area contributed by atoms with E-state index in [2.05, 4.69) is 20.3 Å². The van der Waals surface area contributed by atoms with Crippen LogP contribution in [0.2, 0.25) is 5.02 Å². The molecule has 5 N–H and O–H groups in total. The Kier molecular flexibility index (Phi) is 6.24. The van der Waals surface area contributed by atoms with E-state index >= 15 is 0 Å². The van der Waals surface area contributed by atoms with Crippen LogP contribution in [0.5, 0.6) is 0 Å². The highest BCUT2D eigenvalue weighted by atomic mass is 35.5. The third-order valence-corrected chi connectivity index (χ3v) is 5.60. The minimum absolute atomic E-state index is 0.0219. The number of nitrogens with zero attached hydrogens (tertiary/aromatic N) is 5. The van der Waals surface area contributed by atoms with Crippen LogP contribution in [-0.4, -0.2) is 19.5 Å². The molecule has 178 valence electrons. The van der Waals surface area contributed by atoms with E-state index in [1.807, 2.05) is 19.9 Å². The van der Waals surface area contributed by atoms with Gasteiger partial charge in [-0.2, -0.15) is 15.2 Å². The summed E-state index contributed by atoms with van der Waals surface area (Å²) < 4.78 is 29.4. The Labute approximate surface area is 203 Å². The molecule has 2 aromatic heterocycles. The number of hydrogen-bond donors (Lipinski definition) is 3. The Morgan fingerprint density at radius 1 is 1.11 bits per heavy atom. The fourth-order valence-corrected chi connectivity index (χ4v) is 3.97. The van der Waals surface area contributed by atoms with Crippen molar-refractivity contribution in [2.24, 2.45) is 5.92 Å². The Morgan fingerprint density at radius 3 is 2.43 bits per heavy atom. The van der Waals surface area contributed by atoms with Crippen molar-refractivity contribution in [1.29, 1.82) is 5.26 Å². The largest absolute Gasteiger partial charge is 0.382 e. The van der Waals surface area contributed by atoms with Crippen LogP contribution in [0.25, 0.3) is 16.6 Å². The molecule has 4 aromatic rings. The first-order valence-corrected chi connectivity index (χ1v) is 10.8. The average molecular weight is 497 g/mol. The maximum atomic E-state index is 14.2. The first-order chi connectivity index (χ1) is 16.6. The number of nitriles is 1. The van der Waals surface area contributed by atoms with Gasteiger partial charge in [-0.05, 0) is 30.2 Å². The molecule has 0 amide bonds. The SMILES string of the molecule is CC(C)C(Nc1nc(N)nc(N)c1C#N)c1nc2cccc(Cl)c2c(=O)n1-c1cc(F)cc(F)c1. The molecule has 35 heavy (non-hydrogen) atoms. The van der Waals surface area contributed by atoms with Gasteiger partial charge in [-0.25, -0.2) is 13.8 Å². The van der Waals surface area contributed by atoms with Crippen molar-refractivity contribution in [2.75, 3.05) is 16.8 Å². The standard InChI is InChI=1S/C23H19ClF2N8O/c1-10(2)18(31-20-14(9-27)19(28)32-23(29)33-20)21-30-16-5-3-4-15(24)17(16)22(35)34(21)13-7-11(25)6-12(26)8-13/h3-8,10,18H,1-2H3,(H5,28,29,31,32,33). The molecule has 1 unspecified atom stereocenters. The lowest BCUT2D eigenvalue weighted by Gasteiger charge is -2.26. The van der Waals surface area contributed by atoms with Gasteiger partial charge in [0.2, 0.25) is 5.95 Å². The summed E-state index contributed by atoms with van der Waals surface area (Å²) in [5.74, 6) is -2.21. The summed E-state index contributed by atoms with van der Waals surface area (Å²) in [6, 6.07) is 8.59. The van der Waals surface area contributed by atoms with Crippen molar-refractivity contribution in [3.05, 3.63) is 74.8 Å². The van der Waals surface area contributed by atoms with Gasteiger partial charge in [-0.15, -0.1) is 0 Å². The number of nitrogens with two attached hydrogens (primary N) is 2. The molecule has 1 atom stereocenters. The fourth-order valence-electron chi connectivity index (χ4n) is 3.72. The normalized spacial score (nSPS) is 12.0. The third kappa shape index (κ3) is 4.43. The minimum Gasteiger partial charge on any atom is -0.382 e. The molecule has 0 aliphatic rings. The molecule has 2 aromatic carbocycles. The van der Waals surface area contributed by atoms with Gasteiger partial charge in [-0.3, -0.25) is 9.36 Å². The predicted molar refractivity (Wildman–Crippen MR) is 129 cm³/mol. The van der Waals surface area contributed by atoms with E-state index < -0.39 is 23.2 Å². The van der Waals surface area contributed by atoms with Crippen molar-refractivity contribution >= 4 is 40.1 Å². The molecule has 0 aliphatic carbocycles. The number of nitrogen functional groups attached to an aromatic ring is 2. The zero-order valence-corrected chi connectivity index (χ0v) is 19.3. The lowest BCUT2D eigenvalue weighted by atomic mass is 10.0. The fraction of sp³-hybridized carbons (Fsp3) is 0.174. The molecule has 0 spiro atoms. The van der Waals surface area contributed by atoms with Crippen LogP contribution < -0.4 is 22.3 Å². The van der Waals surface area contributed by atoms with Crippen LogP contribution >= 0.6 is 11.6 Å². The van der Waals surface area contributed by atoms with E-state index in [4.69, 9.17) is 23.1 Å². The van der Waals surface area contributed by atoms with E-state index in [0.29, 0.717) is 6.07 Å². The van der Waals surface area contributed by atoms with Gasteiger partial charge >= 0.3 is 0 Å². The van der Waals surface area contributed by atoms with Crippen LogP contribution in [0.3, 0.4) is 0 Å². The van der Waals surface area contributed by atoms with E-state index in [9.17, 15) is 18.8 Å². The zero-order valence-electron chi connectivity index (χ0n) is 18.6. The van der Waals surface area contributed by atoms with Gasteiger partial charge < -0.3 is 16.8 Å². The second-order valence-electron chi connectivity index (χ2n) is 8.04. The van der Waals surface area contributed by atoms with E-state index in [-0.39, 0.29) is 56.5 Å². The molecule has 0 bridgehead atoms. The summed E-state index contributed by atoms with van der Waals surface area (Å²) in [7, 11) is 0. The maximum Gasteiger partial charge on any atom is 0.267 e. The molecular formula is C23H19ClF2N8O. The summed E-state index contributed by atoms with van der Waals surface area (Å²) in [5, 5.41) is 12.8. The van der Waals surface area contributed by atoms with Crippen molar-refractivity contribution < 1.29 is 8.78 Å². The minimum atomic E-state index is -0.880. The average Bonchev–Trinajstić information content (AvgIpc) is 2.76. The number of aromatic nitrogens is 4. The second-order valence-corrected chi connectivity index (χ2v) is 8.45. The monoisotopic (exact) mass is 496 g/mol. The quantitative estimate of drug-likeness (QED) is 0.376. The van der Waals surface area contributed by atoms with Gasteiger partial charge in [0.05, 0.1) is 27.7 Å². The Morgan fingerprint density at radius 2 is 1.80 bits per heavy atom. The maximum absolute atomic E-state index is 14.2. The highest BCUT2D eigenvalue weighted by molar-refractivity contribution is 6.35. The molecule has 12 heteroatoms.